The van der Waals surface area contributed by atoms with Gasteiger partial charge in [-0.15, -0.1) is 11.8 Å². The van der Waals surface area contributed by atoms with Gasteiger partial charge in [-0.1, -0.05) is 30.3 Å². The number of carbonyl (C=O) groups excluding carboxylic acids is 3. The molecule has 0 aliphatic carbocycles. The Morgan fingerprint density at radius 2 is 1.62 bits per heavy atom. The molecule has 3 aromatic carbocycles. The predicted molar refractivity (Wildman–Crippen MR) is 131 cm³/mol. The van der Waals surface area contributed by atoms with E-state index in [0.29, 0.717) is 23.4 Å². The van der Waals surface area contributed by atoms with Crippen molar-refractivity contribution in [3.05, 3.63) is 102 Å². The molecule has 0 aromatic heterocycles. The predicted octanol–water partition coefficient (Wildman–Crippen LogP) is 4.89. The number of thioether (sulfide) groups is 1. The van der Waals surface area contributed by atoms with Crippen LogP contribution in [0.25, 0.3) is 6.08 Å². The van der Waals surface area contributed by atoms with Crippen LogP contribution < -0.4 is 10.6 Å². The SMILES string of the molecule is CCOC(=O)CSc1ccc(NC(=O)/C(=C/c2ccc(F)cc2)NC(=O)c2ccccc2)cc1. The molecule has 2 N–H and O–H groups in total. The first-order chi connectivity index (χ1) is 16.4. The number of esters is 1. The van der Waals surface area contributed by atoms with Crippen molar-refractivity contribution in [1.29, 1.82) is 0 Å². The molecule has 0 bridgehead atoms. The fraction of sp³-hybridized carbons (Fsp3) is 0.115. The van der Waals surface area contributed by atoms with Crippen LogP contribution in [-0.2, 0) is 14.3 Å². The van der Waals surface area contributed by atoms with Crippen LogP contribution in [0.2, 0.25) is 0 Å². The number of hydrogen-bond donors (Lipinski definition) is 2. The molecule has 0 saturated heterocycles. The Balaban J connectivity index is 1.73. The number of ether oxygens (including phenoxy) is 1. The van der Waals surface area contributed by atoms with Gasteiger partial charge in [-0.25, -0.2) is 4.39 Å². The summed E-state index contributed by atoms with van der Waals surface area (Å²) in [6.07, 6.45) is 1.47. The highest BCUT2D eigenvalue weighted by atomic mass is 32.2. The highest BCUT2D eigenvalue weighted by molar-refractivity contribution is 8.00. The Bertz CT molecular complexity index is 1160. The average molecular weight is 479 g/mol. The van der Waals surface area contributed by atoms with Gasteiger partial charge in [-0.3, -0.25) is 14.4 Å². The molecule has 34 heavy (non-hydrogen) atoms. The standard InChI is InChI=1S/C26H23FN2O4S/c1-2-33-24(30)17-34-22-14-12-21(13-15-22)28-26(32)23(16-18-8-10-20(27)11-9-18)29-25(31)19-6-4-3-5-7-19/h3-16H,2,17H2,1H3,(H,28,32)(H,29,31)/b23-16-. The molecule has 3 rings (SSSR count). The van der Waals surface area contributed by atoms with Gasteiger partial charge in [0.15, 0.2) is 0 Å². The molecule has 0 spiro atoms. The Morgan fingerprint density at radius 3 is 2.26 bits per heavy atom. The second-order valence-corrected chi connectivity index (χ2v) is 8.05. The zero-order valence-electron chi connectivity index (χ0n) is 18.4. The molecule has 0 fully saturated rings. The van der Waals surface area contributed by atoms with Gasteiger partial charge >= 0.3 is 5.97 Å². The normalized spacial score (nSPS) is 10.9. The number of anilines is 1. The first-order valence-corrected chi connectivity index (χ1v) is 11.5. The average Bonchev–Trinajstić information content (AvgIpc) is 2.85. The van der Waals surface area contributed by atoms with Crippen molar-refractivity contribution < 1.29 is 23.5 Å². The van der Waals surface area contributed by atoms with E-state index in [1.165, 1.54) is 42.1 Å². The number of amides is 2. The minimum atomic E-state index is -0.541. The van der Waals surface area contributed by atoms with Crippen LogP contribution >= 0.6 is 11.8 Å². The molecule has 8 heteroatoms. The van der Waals surface area contributed by atoms with Gasteiger partial charge in [0.05, 0.1) is 12.4 Å². The van der Waals surface area contributed by atoms with E-state index >= 15 is 0 Å². The summed E-state index contributed by atoms with van der Waals surface area (Å²) >= 11 is 1.33. The molecule has 0 heterocycles. The van der Waals surface area contributed by atoms with E-state index in [9.17, 15) is 18.8 Å². The Labute approximate surface area is 201 Å². The summed E-state index contributed by atoms with van der Waals surface area (Å²) in [6, 6.07) is 21.0. The lowest BCUT2D eigenvalue weighted by Gasteiger charge is -2.12. The third-order valence-electron chi connectivity index (χ3n) is 4.48. The molecule has 0 aliphatic rings. The maximum Gasteiger partial charge on any atom is 0.316 e. The summed E-state index contributed by atoms with van der Waals surface area (Å²) in [4.78, 5) is 38.0. The molecule has 0 saturated carbocycles. The minimum Gasteiger partial charge on any atom is -0.465 e. The van der Waals surface area contributed by atoms with Crippen LogP contribution in [0.4, 0.5) is 10.1 Å². The Hall–Kier alpha value is -3.91. The van der Waals surface area contributed by atoms with Crippen LogP contribution in [0, 0.1) is 5.82 Å². The molecule has 2 amide bonds. The molecule has 6 nitrogen and oxygen atoms in total. The van der Waals surface area contributed by atoms with E-state index in [0.717, 1.165) is 4.90 Å². The van der Waals surface area contributed by atoms with E-state index in [-0.39, 0.29) is 17.4 Å². The number of benzene rings is 3. The first-order valence-electron chi connectivity index (χ1n) is 10.5. The van der Waals surface area contributed by atoms with Crippen LogP contribution in [0.5, 0.6) is 0 Å². The highest BCUT2D eigenvalue weighted by Gasteiger charge is 2.15. The maximum atomic E-state index is 13.3. The lowest BCUT2D eigenvalue weighted by molar-refractivity contribution is -0.139. The van der Waals surface area contributed by atoms with Crippen LogP contribution in [-0.4, -0.2) is 30.1 Å². The van der Waals surface area contributed by atoms with Crippen molar-refractivity contribution in [2.45, 2.75) is 11.8 Å². The smallest absolute Gasteiger partial charge is 0.316 e. The fourth-order valence-electron chi connectivity index (χ4n) is 2.85. The second kappa shape index (κ2) is 12.4. The number of rotatable bonds is 9. The van der Waals surface area contributed by atoms with Crippen molar-refractivity contribution in [1.82, 2.24) is 5.32 Å². The summed E-state index contributed by atoms with van der Waals surface area (Å²) in [6.45, 7) is 2.08. The van der Waals surface area contributed by atoms with Gasteiger partial charge in [0.1, 0.15) is 11.5 Å². The Morgan fingerprint density at radius 1 is 0.941 bits per heavy atom. The van der Waals surface area contributed by atoms with Crippen LogP contribution in [0.1, 0.15) is 22.8 Å². The monoisotopic (exact) mass is 478 g/mol. The van der Waals surface area contributed by atoms with Gasteiger partial charge in [-0.05, 0) is 67.1 Å². The zero-order valence-corrected chi connectivity index (χ0v) is 19.2. The van der Waals surface area contributed by atoms with Gasteiger partial charge in [0, 0.05) is 16.1 Å². The minimum absolute atomic E-state index is 0.00113. The Kier molecular flexibility index (Phi) is 8.99. The van der Waals surface area contributed by atoms with Crippen molar-refractivity contribution in [3.8, 4) is 0 Å². The topological polar surface area (TPSA) is 84.5 Å². The van der Waals surface area contributed by atoms with Crippen molar-refractivity contribution in [3.63, 3.8) is 0 Å². The number of nitrogens with one attached hydrogen (secondary N) is 2. The molecule has 3 aromatic rings. The highest BCUT2D eigenvalue weighted by Crippen LogP contribution is 2.21. The summed E-state index contributed by atoms with van der Waals surface area (Å²) < 4.78 is 18.2. The third kappa shape index (κ3) is 7.60. The van der Waals surface area contributed by atoms with Gasteiger partial charge in [0.2, 0.25) is 0 Å². The molecule has 0 radical (unpaired) electrons. The summed E-state index contributed by atoms with van der Waals surface area (Å²) in [5, 5.41) is 5.38. The van der Waals surface area contributed by atoms with E-state index in [1.807, 2.05) is 0 Å². The van der Waals surface area contributed by atoms with Crippen LogP contribution in [0.15, 0.2) is 89.5 Å². The molecular formula is C26H23FN2O4S. The summed E-state index contributed by atoms with van der Waals surface area (Å²) in [5.74, 6) is -1.50. The molecule has 174 valence electrons. The van der Waals surface area contributed by atoms with E-state index in [2.05, 4.69) is 10.6 Å². The van der Waals surface area contributed by atoms with E-state index < -0.39 is 17.6 Å². The van der Waals surface area contributed by atoms with Crippen LogP contribution in [0.3, 0.4) is 0 Å². The number of halogens is 1. The summed E-state index contributed by atoms with van der Waals surface area (Å²) in [5.41, 5.74) is 1.44. The zero-order chi connectivity index (χ0) is 24.3. The second-order valence-electron chi connectivity index (χ2n) is 7.00. The first kappa shape index (κ1) is 24.7. The lowest BCUT2D eigenvalue weighted by Crippen LogP contribution is -2.30. The van der Waals surface area contributed by atoms with Crippen molar-refractivity contribution >= 4 is 41.3 Å². The van der Waals surface area contributed by atoms with E-state index in [4.69, 9.17) is 4.74 Å². The largest absolute Gasteiger partial charge is 0.465 e. The maximum absolute atomic E-state index is 13.3. The molecule has 0 unspecified atom stereocenters. The van der Waals surface area contributed by atoms with Gasteiger partial charge in [0.25, 0.3) is 11.8 Å². The van der Waals surface area contributed by atoms with Gasteiger partial charge < -0.3 is 15.4 Å². The quantitative estimate of drug-likeness (QED) is 0.260. The number of hydrogen-bond acceptors (Lipinski definition) is 5. The molecule has 0 aliphatic heterocycles. The molecular weight excluding hydrogens is 455 g/mol. The van der Waals surface area contributed by atoms with Gasteiger partial charge in [-0.2, -0.15) is 0 Å². The number of carbonyl (C=O) groups is 3. The summed E-state index contributed by atoms with van der Waals surface area (Å²) in [7, 11) is 0. The van der Waals surface area contributed by atoms with Crippen molar-refractivity contribution in [2.75, 3.05) is 17.7 Å². The van der Waals surface area contributed by atoms with Crippen molar-refractivity contribution in [2.24, 2.45) is 0 Å². The third-order valence-corrected chi connectivity index (χ3v) is 5.47. The molecule has 0 atom stereocenters. The lowest BCUT2D eigenvalue weighted by atomic mass is 10.1. The van der Waals surface area contributed by atoms with E-state index in [1.54, 1.807) is 61.5 Å². The fourth-order valence-corrected chi connectivity index (χ4v) is 3.54.